The summed E-state index contributed by atoms with van der Waals surface area (Å²) >= 11 is 5.97. The van der Waals surface area contributed by atoms with Crippen LogP contribution in [0.25, 0.3) is 0 Å². The van der Waals surface area contributed by atoms with Crippen LogP contribution in [0.5, 0.6) is 0 Å². The zero-order chi connectivity index (χ0) is 21.2. The van der Waals surface area contributed by atoms with E-state index in [-0.39, 0.29) is 21.2 Å². The van der Waals surface area contributed by atoms with Crippen molar-refractivity contribution in [2.24, 2.45) is 0 Å². The highest BCUT2D eigenvalue weighted by molar-refractivity contribution is 7.92. The summed E-state index contributed by atoms with van der Waals surface area (Å²) in [5.74, 6) is -1.48. The van der Waals surface area contributed by atoms with Crippen LogP contribution in [0, 0.1) is 19.7 Å². The van der Waals surface area contributed by atoms with E-state index < -0.39 is 21.7 Å². The van der Waals surface area contributed by atoms with E-state index in [9.17, 15) is 17.6 Å². The molecule has 0 unspecified atom stereocenters. The average molecular weight is 433 g/mol. The van der Waals surface area contributed by atoms with E-state index >= 15 is 0 Å². The van der Waals surface area contributed by atoms with Crippen LogP contribution in [0.4, 0.5) is 15.8 Å². The van der Waals surface area contributed by atoms with Crippen LogP contribution in [-0.4, -0.2) is 14.3 Å². The van der Waals surface area contributed by atoms with Crippen molar-refractivity contribution >= 4 is 38.9 Å². The fourth-order valence-electron chi connectivity index (χ4n) is 2.62. The van der Waals surface area contributed by atoms with Gasteiger partial charge in [-0.2, -0.15) is 0 Å². The van der Waals surface area contributed by atoms with Gasteiger partial charge in [0.1, 0.15) is 5.82 Å². The number of anilines is 2. The van der Waals surface area contributed by atoms with Gasteiger partial charge in [0, 0.05) is 5.69 Å². The van der Waals surface area contributed by atoms with E-state index in [0.29, 0.717) is 5.69 Å². The van der Waals surface area contributed by atoms with Crippen LogP contribution in [-0.2, 0) is 10.0 Å². The van der Waals surface area contributed by atoms with E-state index in [1.54, 1.807) is 36.4 Å². The van der Waals surface area contributed by atoms with Gasteiger partial charge in [0.2, 0.25) is 0 Å². The van der Waals surface area contributed by atoms with Crippen molar-refractivity contribution in [3.63, 3.8) is 0 Å². The van der Waals surface area contributed by atoms with Gasteiger partial charge in [-0.05, 0) is 67.4 Å². The van der Waals surface area contributed by atoms with Gasteiger partial charge in [-0.1, -0.05) is 29.8 Å². The minimum atomic E-state index is -3.99. The first-order valence-corrected chi connectivity index (χ1v) is 10.5. The first kappa shape index (κ1) is 20.8. The smallest absolute Gasteiger partial charge is 0.261 e. The summed E-state index contributed by atoms with van der Waals surface area (Å²) in [6, 6.07) is 14.7. The van der Waals surface area contributed by atoms with Crippen molar-refractivity contribution in [3.05, 3.63) is 88.2 Å². The maximum Gasteiger partial charge on any atom is 0.261 e. The highest BCUT2D eigenvalue weighted by Gasteiger charge is 2.18. The summed E-state index contributed by atoms with van der Waals surface area (Å²) in [4.78, 5) is 12.0. The second kappa shape index (κ2) is 8.23. The zero-order valence-corrected chi connectivity index (χ0v) is 17.2. The molecule has 2 N–H and O–H groups in total. The molecule has 3 rings (SSSR count). The molecule has 0 aromatic heterocycles. The molecular formula is C21H18ClFN2O3S. The van der Waals surface area contributed by atoms with Crippen LogP contribution in [0.3, 0.4) is 0 Å². The van der Waals surface area contributed by atoms with Crippen LogP contribution < -0.4 is 10.0 Å². The molecule has 8 heteroatoms. The molecule has 0 atom stereocenters. The Morgan fingerprint density at radius 3 is 2.34 bits per heavy atom. The number of nitrogens with one attached hydrogen (secondary N) is 2. The lowest BCUT2D eigenvalue weighted by Crippen LogP contribution is -2.16. The van der Waals surface area contributed by atoms with Crippen molar-refractivity contribution in [3.8, 4) is 0 Å². The fraction of sp³-hybridized carbons (Fsp3) is 0.0952. The van der Waals surface area contributed by atoms with Gasteiger partial charge in [0.05, 0.1) is 21.2 Å². The summed E-state index contributed by atoms with van der Waals surface area (Å²) in [6.07, 6.45) is 0. The molecular weight excluding hydrogens is 415 g/mol. The number of benzene rings is 3. The Labute approximate surface area is 173 Å². The predicted octanol–water partition coefficient (Wildman–Crippen LogP) is 5.15. The first-order chi connectivity index (χ1) is 13.7. The maximum atomic E-state index is 14.5. The largest absolute Gasteiger partial charge is 0.319 e. The van der Waals surface area contributed by atoms with Gasteiger partial charge >= 0.3 is 0 Å². The molecule has 3 aromatic carbocycles. The molecule has 29 heavy (non-hydrogen) atoms. The minimum absolute atomic E-state index is 0.153. The molecule has 0 fully saturated rings. The van der Waals surface area contributed by atoms with Crippen molar-refractivity contribution < 1.29 is 17.6 Å². The van der Waals surface area contributed by atoms with Crippen molar-refractivity contribution in [1.82, 2.24) is 0 Å². The number of aryl methyl sites for hydroxylation is 2. The normalized spacial score (nSPS) is 11.2. The fourth-order valence-corrected chi connectivity index (χ4v) is 3.90. The Bertz CT molecular complexity index is 1200. The summed E-state index contributed by atoms with van der Waals surface area (Å²) in [5.41, 5.74) is 2.36. The van der Waals surface area contributed by atoms with Gasteiger partial charge in [0.15, 0.2) is 0 Å². The zero-order valence-electron chi connectivity index (χ0n) is 15.7. The van der Waals surface area contributed by atoms with Crippen LogP contribution in [0.1, 0.15) is 21.5 Å². The quantitative estimate of drug-likeness (QED) is 0.585. The lowest BCUT2D eigenvalue weighted by atomic mass is 10.1. The minimum Gasteiger partial charge on any atom is -0.319 e. The standard InChI is InChI=1S/C21H18ClFN2O3S/c1-13-7-8-15(11-14(13)2)25-29(27,28)16-9-10-20(19(23)12-16)24-21(26)17-5-3-4-6-18(17)22/h3-12,25H,1-2H3,(H,24,26). The molecule has 5 nitrogen and oxygen atoms in total. The molecule has 0 aliphatic rings. The number of hydrogen-bond acceptors (Lipinski definition) is 3. The molecule has 0 heterocycles. The Morgan fingerprint density at radius 1 is 0.966 bits per heavy atom. The molecule has 0 spiro atoms. The predicted molar refractivity (Wildman–Crippen MR) is 113 cm³/mol. The Hall–Kier alpha value is -2.90. The molecule has 150 valence electrons. The number of rotatable bonds is 5. The summed E-state index contributed by atoms with van der Waals surface area (Å²) in [5, 5.41) is 2.62. The molecule has 0 saturated carbocycles. The molecule has 0 aliphatic heterocycles. The molecule has 0 saturated heterocycles. The van der Waals surface area contributed by atoms with E-state index in [4.69, 9.17) is 11.6 Å². The summed E-state index contributed by atoms with van der Waals surface area (Å²) in [7, 11) is -3.99. The second-order valence-corrected chi connectivity index (χ2v) is 8.57. The van der Waals surface area contributed by atoms with E-state index in [2.05, 4.69) is 10.0 Å². The Morgan fingerprint density at radius 2 is 1.69 bits per heavy atom. The number of halogens is 2. The number of amides is 1. The highest BCUT2D eigenvalue weighted by atomic mass is 35.5. The van der Waals surface area contributed by atoms with Gasteiger partial charge in [-0.3, -0.25) is 9.52 Å². The third kappa shape index (κ3) is 4.75. The van der Waals surface area contributed by atoms with Gasteiger partial charge in [0.25, 0.3) is 15.9 Å². The highest BCUT2D eigenvalue weighted by Crippen LogP contribution is 2.24. The molecule has 1 amide bonds. The second-order valence-electron chi connectivity index (χ2n) is 6.48. The van der Waals surface area contributed by atoms with Gasteiger partial charge in [-0.25, -0.2) is 12.8 Å². The van der Waals surface area contributed by atoms with E-state index in [1.165, 1.54) is 18.2 Å². The van der Waals surface area contributed by atoms with Gasteiger partial charge < -0.3 is 5.32 Å². The third-order valence-electron chi connectivity index (χ3n) is 4.38. The third-order valence-corrected chi connectivity index (χ3v) is 6.09. The Balaban J connectivity index is 1.82. The lowest BCUT2D eigenvalue weighted by Gasteiger charge is -2.12. The molecule has 3 aromatic rings. The van der Waals surface area contributed by atoms with Crippen LogP contribution in [0.2, 0.25) is 5.02 Å². The van der Waals surface area contributed by atoms with Crippen molar-refractivity contribution in [2.45, 2.75) is 18.7 Å². The van der Waals surface area contributed by atoms with Crippen molar-refractivity contribution in [2.75, 3.05) is 10.0 Å². The summed E-state index contributed by atoms with van der Waals surface area (Å²) < 4.78 is 42.0. The average Bonchev–Trinajstić information content (AvgIpc) is 2.66. The first-order valence-electron chi connectivity index (χ1n) is 8.63. The SMILES string of the molecule is Cc1ccc(NS(=O)(=O)c2ccc(NC(=O)c3ccccc3Cl)c(F)c2)cc1C. The van der Waals surface area contributed by atoms with Gasteiger partial charge in [-0.15, -0.1) is 0 Å². The molecule has 0 radical (unpaired) electrons. The summed E-state index contributed by atoms with van der Waals surface area (Å²) in [6.45, 7) is 3.78. The number of carbonyl (C=O) groups is 1. The Kier molecular flexibility index (Phi) is 5.91. The molecule has 0 aliphatic carbocycles. The van der Waals surface area contributed by atoms with E-state index in [1.807, 2.05) is 13.8 Å². The maximum absolute atomic E-state index is 14.5. The monoisotopic (exact) mass is 432 g/mol. The molecule has 0 bridgehead atoms. The van der Waals surface area contributed by atoms with Crippen LogP contribution in [0.15, 0.2) is 65.6 Å². The number of carbonyl (C=O) groups excluding carboxylic acids is 1. The topological polar surface area (TPSA) is 75.3 Å². The lowest BCUT2D eigenvalue weighted by molar-refractivity contribution is 0.102. The van der Waals surface area contributed by atoms with Crippen molar-refractivity contribution in [1.29, 1.82) is 0 Å². The van der Waals surface area contributed by atoms with Crippen LogP contribution >= 0.6 is 11.6 Å². The number of sulfonamides is 1. The van der Waals surface area contributed by atoms with E-state index in [0.717, 1.165) is 17.2 Å². The number of hydrogen-bond donors (Lipinski definition) is 2.